The number of pyridine rings is 1. The van der Waals surface area contributed by atoms with Gasteiger partial charge >= 0.3 is 0 Å². The number of halogens is 2. The van der Waals surface area contributed by atoms with E-state index in [1.54, 1.807) is 18.3 Å². The molecule has 0 aliphatic carbocycles. The third kappa shape index (κ3) is 3.43. The first kappa shape index (κ1) is 14.9. The highest BCUT2D eigenvalue weighted by Crippen LogP contribution is 2.27. The molecule has 0 amide bonds. The average molecular weight is 332 g/mol. The highest BCUT2D eigenvalue weighted by atomic mass is 35.5. The molecule has 0 saturated carbocycles. The van der Waals surface area contributed by atoms with Gasteiger partial charge in [-0.3, -0.25) is 4.98 Å². The van der Waals surface area contributed by atoms with Gasteiger partial charge in [0.1, 0.15) is 16.5 Å². The Kier molecular flexibility index (Phi) is 4.65. The molecule has 0 radical (unpaired) electrons. The summed E-state index contributed by atoms with van der Waals surface area (Å²) in [6, 6.07) is 14.0. The molecule has 3 nitrogen and oxygen atoms in total. The Labute approximate surface area is 136 Å². The second-order valence-corrected chi connectivity index (χ2v) is 5.86. The molecule has 0 unspecified atom stereocenters. The van der Waals surface area contributed by atoms with E-state index >= 15 is 0 Å². The lowest BCUT2D eigenvalue weighted by Gasteiger charge is -2.05. The van der Waals surface area contributed by atoms with Crippen molar-refractivity contribution in [2.24, 2.45) is 0 Å². The highest BCUT2D eigenvalue weighted by Gasteiger charge is 2.08. The number of hydrogen-bond donors (Lipinski definition) is 0. The molecule has 0 fully saturated rings. The molecule has 3 rings (SSSR count). The quantitative estimate of drug-likeness (QED) is 0.654. The van der Waals surface area contributed by atoms with Gasteiger partial charge in [0.15, 0.2) is 0 Å². The largest absolute Gasteiger partial charge is 0.255 e. The second kappa shape index (κ2) is 6.85. The summed E-state index contributed by atoms with van der Waals surface area (Å²) in [6.07, 6.45) is 1.71. The topological polar surface area (TPSA) is 38.7 Å². The van der Waals surface area contributed by atoms with Crippen LogP contribution >= 0.6 is 23.4 Å². The summed E-state index contributed by atoms with van der Waals surface area (Å²) in [7, 11) is 0. The van der Waals surface area contributed by atoms with Gasteiger partial charge in [0.05, 0.1) is 5.69 Å². The van der Waals surface area contributed by atoms with Crippen molar-refractivity contribution in [3.63, 3.8) is 0 Å². The maximum Gasteiger partial charge on any atom is 0.128 e. The molecule has 0 aliphatic heterocycles. The first-order valence-electron chi connectivity index (χ1n) is 6.55. The van der Waals surface area contributed by atoms with Crippen molar-refractivity contribution < 1.29 is 4.39 Å². The Hall–Kier alpha value is -1.98. The molecule has 0 aliphatic rings. The van der Waals surface area contributed by atoms with Crippen LogP contribution in [0.5, 0.6) is 0 Å². The monoisotopic (exact) mass is 331 g/mol. The van der Waals surface area contributed by atoms with E-state index in [4.69, 9.17) is 11.6 Å². The summed E-state index contributed by atoms with van der Waals surface area (Å²) in [4.78, 5) is 4.22. The molecule has 0 N–H and O–H groups in total. The minimum atomic E-state index is -0.307. The molecule has 0 bridgehead atoms. The van der Waals surface area contributed by atoms with Crippen molar-refractivity contribution in [2.75, 3.05) is 0 Å². The second-order valence-electron chi connectivity index (χ2n) is 4.46. The predicted molar refractivity (Wildman–Crippen MR) is 86.2 cm³/mol. The minimum Gasteiger partial charge on any atom is -0.255 e. The summed E-state index contributed by atoms with van der Waals surface area (Å²) >= 11 is 7.39. The maximum absolute atomic E-state index is 13.7. The molecular weight excluding hydrogens is 321 g/mol. The van der Waals surface area contributed by atoms with Crippen LogP contribution in [-0.4, -0.2) is 15.2 Å². The maximum atomic E-state index is 13.7. The fourth-order valence-electron chi connectivity index (χ4n) is 1.86. The molecular formula is C16H11ClFN3S. The third-order valence-electron chi connectivity index (χ3n) is 2.99. The van der Waals surface area contributed by atoms with Gasteiger partial charge in [-0.05, 0) is 36.4 Å². The van der Waals surface area contributed by atoms with Crippen LogP contribution in [-0.2, 0) is 5.75 Å². The molecule has 0 saturated heterocycles. The Bertz CT molecular complexity index is 746. The van der Waals surface area contributed by atoms with Gasteiger partial charge in [0.2, 0.25) is 0 Å². The van der Waals surface area contributed by atoms with Crippen LogP contribution in [0, 0.1) is 5.82 Å². The molecule has 2 heterocycles. The van der Waals surface area contributed by atoms with Crippen molar-refractivity contribution in [3.05, 3.63) is 71.1 Å². The van der Waals surface area contributed by atoms with E-state index in [0.29, 0.717) is 27.1 Å². The fourth-order valence-corrected chi connectivity index (χ4v) is 3.02. The van der Waals surface area contributed by atoms with E-state index in [-0.39, 0.29) is 5.82 Å². The van der Waals surface area contributed by atoms with Crippen LogP contribution in [0.4, 0.5) is 4.39 Å². The Morgan fingerprint density at radius 2 is 1.86 bits per heavy atom. The zero-order valence-corrected chi connectivity index (χ0v) is 13.0. The van der Waals surface area contributed by atoms with Gasteiger partial charge in [-0.25, -0.2) is 4.39 Å². The van der Waals surface area contributed by atoms with Crippen LogP contribution in [0.25, 0.3) is 11.4 Å². The lowest BCUT2D eigenvalue weighted by atomic mass is 10.2. The van der Waals surface area contributed by atoms with Crippen LogP contribution in [0.2, 0.25) is 5.02 Å². The molecule has 2 aromatic heterocycles. The third-order valence-corrected chi connectivity index (χ3v) is 4.29. The lowest BCUT2D eigenvalue weighted by Crippen LogP contribution is -1.93. The summed E-state index contributed by atoms with van der Waals surface area (Å²) in [6.45, 7) is 0. The SMILES string of the molecule is Fc1cccc(Cl)c1CSc1ccc(-c2ccccn2)nn1. The summed E-state index contributed by atoms with van der Waals surface area (Å²) < 4.78 is 13.7. The number of nitrogens with zero attached hydrogens (tertiary/aromatic N) is 3. The Balaban J connectivity index is 1.72. The van der Waals surface area contributed by atoms with Crippen LogP contribution in [0.3, 0.4) is 0 Å². The zero-order valence-electron chi connectivity index (χ0n) is 11.4. The number of hydrogen-bond acceptors (Lipinski definition) is 4. The average Bonchev–Trinajstić information content (AvgIpc) is 2.56. The molecule has 3 aromatic rings. The molecule has 0 atom stereocenters. The predicted octanol–water partition coefficient (Wildman–Crippen LogP) is 4.62. The number of aromatic nitrogens is 3. The number of thioether (sulfide) groups is 1. The van der Waals surface area contributed by atoms with E-state index in [1.165, 1.54) is 17.8 Å². The number of benzene rings is 1. The van der Waals surface area contributed by atoms with E-state index in [0.717, 1.165) is 5.69 Å². The van der Waals surface area contributed by atoms with Gasteiger partial charge in [0, 0.05) is 22.5 Å². The van der Waals surface area contributed by atoms with Crippen LogP contribution in [0.1, 0.15) is 5.56 Å². The van der Waals surface area contributed by atoms with Crippen molar-refractivity contribution in [1.29, 1.82) is 0 Å². The molecule has 6 heteroatoms. The summed E-state index contributed by atoms with van der Waals surface area (Å²) in [5.74, 6) is 0.0985. The summed E-state index contributed by atoms with van der Waals surface area (Å²) in [5.41, 5.74) is 1.95. The molecule has 1 aromatic carbocycles. The Morgan fingerprint density at radius 1 is 0.955 bits per heavy atom. The van der Waals surface area contributed by atoms with Crippen molar-refractivity contribution in [2.45, 2.75) is 10.8 Å². The van der Waals surface area contributed by atoms with Crippen LogP contribution in [0.15, 0.2) is 59.8 Å². The van der Waals surface area contributed by atoms with Crippen LogP contribution < -0.4 is 0 Å². The summed E-state index contributed by atoms with van der Waals surface area (Å²) in [5, 5.41) is 9.41. The standard InChI is InChI=1S/C16H11ClFN3S/c17-12-4-3-5-13(18)11(12)10-22-16-8-7-15(20-21-16)14-6-1-2-9-19-14/h1-9H,10H2. The van der Waals surface area contributed by atoms with E-state index in [9.17, 15) is 4.39 Å². The van der Waals surface area contributed by atoms with Crippen molar-refractivity contribution >= 4 is 23.4 Å². The van der Waals surface area contributed by atoms with Gasteiger partial charge in [-0.15, -0.1) is 10.2 Å². The first-order valence-corrected chi connectivity index (χ1v) is 7.91. The van der Waals surface area contributed by atoms with Gasteiger partial charge in [-0.1, -0.05) is 35.5 Å². The zero-order chi connectivity index (χ0) is 15.4. The normalized spacial score (nSPS) is 10.6. The van der Waals surface area contributed by atoms with Gasteiger partial charge in [-0.2, -0.15) is 0 Å². The molecule has 110 valence electrons. The van der Waals surface area contributed by atoms with E-state index in [2.05, 4.69) is 15.2 Å². The molecule has 22 heavy (non-hydrogen) atoms. The minimum absolute atomic E-state index is 0.307. The lowest BCUT2D eigenvalue weighted by molar-refractivity contribution is 0.617. The van der Waals surface area contributed by atoms with Gasteiger partial charge < -0.3 is 0 Å². The number of rotatable bonds is 4. The smallest absolute Gasteiger partial charge is 0.128 e. The van der Waals surface area contributed by atoms with E-state index < -0.39 is 0 Å². The molecule has 0 spiro atoms. The first-order chi connectivity index (χ1) is 10.7. The van der Waals surface area contributed by atoms with Crippen molar-refractivity contribution in [3.8, 4) is 11.4 Å². The highest BCUT2D eigenvalue weighted by molar-refractivity contribution is 7.98. The van der Waals surface area contributed by atoms with Gasteiger partial charge in [0.25, 0.3) is 0 Å². The Morgan fingerprint density at radius 3 is 2.55 bits per heavy atom. The fraction of sp³-hybridized carbons (Fsp3) is 0.0625. The van der Waals surface area contributed by atoms with E-state index in [1.807, 2.05) is 30.3 Å². The van der Waals surface area contributed by atoms with Crippen molar-refractivity contribution in [1.82, 2.24) is 15.2 Å².